The number of nitrogens with zero attached hydrogens (tertiary/aromatic N) is 3. The van der Waals surface area contributed by atoms with E-state index in [-0.39, 0.29) is 17.9 Å². The van der Waals surface area contributed by atoms with Gasteiger partial charge in [-0.2, -0.15) is 4.99 Å². The smallest absolute Gasteiger partial charge is 0.341 e. The van der Waals surface area contributed by atoms with Crippen molar-refractivity contribution < 1.29 is 14.3 Å². The third-order valence-corrected chi connectivity index (χ3v) is 6.43. The van der Waals surface area contributed by atoms with Gasteiger partial charge in [0.1, 0.15) is 5.75 Å². The summed E-state index contributed by atoms with van der Waals surface area (Å²) in [5, 5.41) is 2.99. The van der Waals surface area contributed by atoms with Gasteiger partial charge in [-0.15, -0.1) is 0 Å². The fraction of sp³-hybridized carbons (Fsp3) is 0.167. The van der Waals surface area contributed by atoms with E-state index in [4.69, 9.17) is 4.74 Å². The Balaban J connectivity index is 1.61. The number of para-hydroxylation sites is 1. The lowest BCUT2D eigenvalue weighted by molar-refractivity contribution is 0.0982. The predicted octanol–water partition coefficient (Wildman–Crippen LogP) is 4.38. The highest BCUT2D eigenvalue weighted by Crippen LogP contribution is 2.40. The standard InChI is InChI=1S/C24H19BrN4O3/c1-32-20-7-6-15(12-18(20)25)21-17-13-29(23(30)14-8-10-26-11-9-14)19-5-3-2-4-16(19)22(17)28-24(31)27-21/h2-12,17,21H,13H2,1H3,(H,27,31). The first-order valence-corrected chi connectivity index (χ1v) is 10.9. The molecule has 0 spiro atoms. The van der Waals surface area contributed by atoms with Gasteiger partial charge < -0.3 is 15.0 Å². The molecule has 160 valence electrons. The van der Waals surface area contributed by atoms with Crippen LogP contribution >= 0.6 is 15.9 Å². The van der Waals surface area contributed by atoms with E-state index >= 15 is 0 Å². The SMILES string of the molecule is COc1ccc(C2NC(=O)N=C3c4ccccc4N(C(=O)c4ccncc4)CC32)cc1Br. The number of aromatic nitrogens is 1. The monoisotopic (exact) mass is 490 g/mol. The van der Waals surface area contributed by atoms with Gasteiger partial charge in [0.15, 0.2) is 0 Å². The van der Waals surface area contributed by atoms with Crippen molar-refractivity contribution in [2.75, 3.05) is 18.6 Å². The van der Waals surface area contributed by atoms with Crippen molar-refractivity contribution in [2.24, 2.45) is 10.9 Å². The van der Waals surface area contributed by atoms with Crippen molar-refractivity contribution in [3.05, 3.63) is 88.2 Å². The van der Waals surface area contributed by atoms with E-state index in [1.54, 1.807) is 36.5 Å². The van der Waals surface area contributed by atoms with Gasteiger partial charge in [0.25, 0.3) is 5.91 Å². The van der Waals surface area contributed by atoms with Crippen LogP contribution in [-0.4, -0.2) is 36.3 Å². The van der Waals surface area contributed by atoms with Gasteiger partial charge in [0.2, 0.25) is 0 Å². The van der Waals surface area contributed by atoms with Crippen LogP contribution in [0.1, 0.15) is 27.5 Å². The average Bonchev–Trinajstić information content (AvgIpc) is 2.83. The molecule has 7 nitrogen and oxygen atoms in total. The summed E-state index contributed by atoms with van der Waals surface area (Å²) in [4.78, 5) is 36.1. The molecule has 2 atom stereocenters. The average molecular weight is 491 g/mol. The Morgan fingerprint density at radius 1 is 1.16 bits per heavy atom. The van der Waals surface area contributed by atoms with Gasteiger partial charge in [0.05, 0.1) is 29.0 Å². The van der Waals surface area contributed by atoms with Crippen LogP contribution in [0.5, 0.6) is 5.75 Å². The van der Waals surface area contributed by atoms with Crippen LogP contribution in [0.4, 0.5) is 10.5 Å². The highest BCUT2D eigenvalue weighted by Gasteiger charge is 2.41. The summed E-state index contributed by atoms with van der Waals surface area (Å²) >= 11 is 3.53. The van der Waals surface area contributed by atoms with E-state index in [0.717, 1.165) is 21.3 Å². The van der Waals surface area contributed by atoms with Gasteiger partial charge in [-0.25, -0.2) is 4.79 Å². The molecule has 2 aliphatic rings. The molecule has 0 bridgehead atoms. The number of pyridine rings is 1. The van der Waals surface area contributed by atoms with Crippen LogP contribution in [-0.2, 0) is 0 Å². The van der Waals surface area contributed by atoms with Crippen molar-refractivity contribution in [1.29, 1.82) is 0 Å². The molecule has 2 unspecified atom stereocenters. The van der Waals surface area contributed by atoms with Gasteiger partial charge in [-0.05, 0) is 51.8 Å². The molecule has 2 aromatic carbocycles. The van der Waals surface area contributed by atoms with Crippen molar-refractivity contribution in [1.82, 2.24) is 10.3 Å². The molecule has 0 fully saturated rings. The summed E-state index contributed by atoms with van der Waals surface area (Å²) in [6, 6.07) is 16.0. The van der Waals surface area contributed by atoms with E-state index in [1.807, 2.05) is 42.5 Å². The first kappa shape index (κ1) is 20.4. The first-order chi connectivity index (χ1) is 15.6. The van der Waals surface area contributed by atoms with Crippen LogP contribution in [0.15, 0.2) is 76.5 Å². The molecule has 0 saturated carbocycles. The number of carbonyl (C=O) groups excluding carboxylic acids is 2. The van der Waals surface area contributed by atoms with Crippen molar-refractivity contribution >= 4 is 39.3 Å². The molecule has 3 heterocycles. The number of benzene rings is 2. The fourth-order valence-corrected chi connectivity index (χ4v) is 4.88. The normalized spacial score (nSPS) is 19.4. The maximum absolute atomic E-state index is 13.4. The zero-order chi connectivity index (χ0) is 22.2. The second-order valence-corrected chi connectivity index (χ2v) is 8.45. The summed E-state index contributed by atoms with van der Waals surface area (Å²) < 4.78 is 6.13. The number of urea groups is 1. The zero-order valence-electron chi connectivity index (χ0n) is 17.2. The first-order valence-electron chi connectivity index (χ1n) is 10.1. The molecule has 1 N–H and O–H groups in total. The second kappa shape index (κ2) is 8.20. The maximum Gasteiger partial charge on any atom is 0.341 e. The number of halogens is 1. The summed E-state index contributed by atoms with van der Waals surface area (Å²) in [5.74, 6) is 0.368. The number of rotatable bonds is 3. The number of fused-ring (bicyclic) bond motifs is 3. The Labute approximate surface area is 193 Å². The highest BCUT2D eigenvalue weighted by molar-refractivity contribution is 9.10. The van der Waals surface area contributed by atoms with E-state index < -0.39 is 6.03 Å². The molecular weight excluding hydrogens is 472 g/mol. The number of carbonyl (C=O) groups is 2. The minimum absolute atomic E-state index is 0.120. The third-order valence-electron chi connectivity index (χ3n) is 5.81. The van der Waals surface area contributed by atoms with Gasteiger partial charge >= 0.3 is 6.03 Å². The molecule has 0 radical (unpaired) electrons. The fourth-order valence-electron chi connectivity index (χ4n) is 4.32. The van der Waals surface area contributed by atoms with Crippen LogP contribution in [0.25, 0.3) is 0 Å². The summed E-state index contributed by atoms with van der Waals surface area (Å²) in [7, 11) is 1.60. The Bertz CT molecular complexity index is 1250. The maximum atomic E-state index is 13.4. The van der Waals surface area contributed by atoms with Gasteiger partial charge in [-0.3, -0.25) is 9.78 Å². The molecule has 8 heteroatoms. The molecule has 2 aliphatic heterocycles. The minimum atomic E-state index is -0.392. The summed E-state index contributed by atoms with van der Waals surface area (Å²) in [5.41, 5.74) is 3.69. The number of aliphatic imine (C=N–C) groups is 1. The quantitative estimate of drug-likeness (QED) is 0.590. The number of hydrogen-bond donors (Lipinski definition) is 1. The Morgan fingerprint density at radius 2 is 1.94 bits per heavy atom. The van der Waals surface area contributed by atoms with Crippen molar-refractivity contribution in [2.45, 2.75) is 6.04 Å². The molecule has 3 amide bonds. The molecule has 5 rings (SSSR count). The van der Waals surface area contributed by atoms with Crippen molar-refractivity contribution in [3.8, 4) is 5.75 Å². The van der Waals surface area contributed by atoms with E-state index in [0.29, 0.717) is 23.6 Å². The van der Waals surface area contributed by atoms with Gasteiger partial charge in [-0.1, -0.05) is 24.3 Å². The molecule has 0 aliphatic carbocycles. The van der Waals surface area contributed by atoms with Crippen LogP contribution < -0.4 is 15.0 Å². The number of nitrogens with one attached hydrogen (secondary N) is 1. The molecular formula is C24H19BrN4O3. The number of methoxy groups -OCH3 is 1. The van der Waals surface area contributed by atoms with E-state index in [9.17, 15) is 9.59 Å². The van der Waals surface area contributed by atoms with Crippen molar-refractivity contribution in [3.63, 3.8) is 0 Å². The lowest BCUT2D eigenvalue weighted by Gasteiger charge is -2.41. The third kappa shape index (κ3) is 3.46. The highest BCUT2D eigenvalue weighted by atomic mass is 79.9. The Kier molecular flexibility index (Phi) is 5.22. The topological polar surface area (TPSA) is 83.9 Å². The van der Waals surface area contributed by atoms with Crippen LogP contribution in [0, 0.1) is 5.92 Å². The predicted molar refractivity (Wildman–Crippen MR) is 124 cm³/mol. The lowest BCUT2D eigenvalue weighted by atomic mass is 9.81. The molecule has 32 heavy (non-hydrogen) atoms. The van der Waals surface area contributed by atoms with E-state index in [2.05, 4.69) is 31.2 Å². The molecule has 1 aromatic heterocycles. The molecule has 3 aromatic rings. The number of ether oxygens (including phenoxy) is 1. The zero-order valence-corrected chi connectivity index (χ0v) is 18.7. The Morgan fingerprint density at radius 3 is 2.69 bits per heavy atom. The van der Waals surface area contributed by atoms with Crippen LogP contribution in [0.3, 0.4) is 0 Å². The second-order valence-electron chi connectivity index (χ2n) is 7.59. The minimum Gasteiger partial charge on any atom is -0.496 e. The van der Waals surface area contributed by atoms with E-state index in [1.165, 1.54) is 0 Å². The lowest BCUT2D eigenvalue weighted by Crippen LogP contribution is -2.51. The summed E-state index contributed by atoms with van der Waals surface area (Å²) in [6.07, 6.45) is 3.21. The molecule has 0 saturated heterocycles. The number of hydrogen-bond acceptors (Lipinski definition) is 4. The van der Waals surface area contributed by atoms with Crippen LogP contribution in [0.2, 0.25) is 0 Å². The largest absolute Gasteiger partial charge is 0.496 e. The summed E-state index contributed by atoms with van der Waals surface area (Å²) in [6.45, 7) is 0.381. The number of amides is 3. The van der Waals surface area contributed by atoms with Gasteiger partial charge in [0, 0.05) is 36.0 Å². The Hall–Kier alpha value is -3.52. The number of anilines is 1.